The van der Waals surface area contributed by atoms with Gasteiger partial charge in [0.15, 0.2) is 0 Å². The van der Waals surface area contributed by atoms with E-state index in [1.54, 1.807) is 0 Å². The van der Waals surface area contributed by atoms with Crippen molar-refractivity contribution in [3.05, 3.63) is 29.8 Å². The summed E-state index contributed by atoms with van der Waals surface area (Å²) in [6, 6.07) is 8.37. The number of thioether (sulfide) groups is 1. The smallest absolute Gasteiger partial charge is 0.226 e. The maximum absolute atomic E-state index is 12.5. The van der Waals surface area contributed by atoms with Crippen LogP contribution in [0, 0.1) is 18.3 Å². The molecule has 1 heterocycles. The maximum atomic E-state index is 12.5. The van der Waals surface area contributed by atoms with E-state index < -0.39 is 0 Å². The minimum absolute atomic E-state index is 0.224. The van der Waals surface area contributed by atoms with Gasteiger partial charge in [-0.15, -0.1) is 18.2 Å². The molecule has 0 spiro atoms. The van der Waals surface area contributed by atoms with E-state index in [1.165, 1.54) is 4.90 Å². The highest BCUT2D eigenvalue weighted by Gasteiger charge is 2.22. The average Bonchev–Trinajstić information content (AvgIpc) is 2.57. The number of rotatable bonds is 7. The molecule has 1 amide bonds. The first-order valence-corrected chi connectivity index (χ1v) is 9.51. The number of amides is 1. The van der Waals surface area contributed by atoms with Crippen LogP contribution in [0.2, 0.25) is 0 Å². The van der Waals surface area contributed by atoms with Crippen LogP contribution in [0.4, 0.5) is 0 Å². The summed E-state index contributed by atoms with van der Waals surface area (Å²) in [5.74, 6) is 3.23. The number of likely N-dealkylation sites (tertiary alicyclic amines) is 1. The topological polar surface area (TPSA) is 29.5 Å². The van der Waals surface area contributed by atoms with Crippen LogP contribution in [-0.4, -0.2) is 42.4 Å². The third-order valence-electron chi connectivity index (χ3n) is 4.16. The SMILES string of the molecule is C#CCOCC1CCN(C(=O)Cc2ccc(SC(C)C)cc2)CC1. The van der Waals surface area contributed by atoms with Crippen LogP contribution < -0.4 is 0 Å². The van der Waals surface area contributed by atoms with E-state index in [4.69, 9.17) is 11.2 Å². The van der Waals surface area contributed by atoms with Gasteiger partial charge in [0, 0.05) is 23.2 Å². The van der Waals surface area contributed by atoms with Gasteiger partial charge in [0.25, 0.3) is 0 Å². The van der Waals surface area contributed by atoms with Crippen molar-refractivity contribution in [3.63, 3.8) is 0 Å². The number of carbonyl (C=O) groups is 1. The summed E-state index contributed by atoms with van der Waals surface area (Å²) in [7, 11) is 0. The molecule has 0 bridgehead atoms. The molecule has 1 aliphatic rings. The number of nitrogens with zero attached hydrogens (tertiary/aromatic N) is 1. The molecule has 1 fully saturated rings. The van der Waals surface area contributed by atoms with Gasteiger partial charge in [0.05, 0.1) is 13.0 Å². The third-order valence-corrected chi connectivity index (χ3v) is 5.17. The highest BCUT2D eigenvalue weighted by molar-refractivity contribution is 7.99. The molecule has 0 N–H and O–H groups in total. The quantitative estimate of drug-likeness (QED) is 0.429. The second-order valence-corrected chi connectivity index (χ2v) is 8.18. The molecule has 0 aliphatic carbocycles. The molecule has 1 aromatic carbocycles. The first-order chi connectivity index (χ1) is 11.6. The monoisotopic (exact) mass is 345 g/mol. The summed E-state index contributed by atoms with van der Waals surface area (Å²) in [5.41, 5.74) is 1.09. The van der Waals surface area contributed by atoms with Crippen molar-refractivity contribution < 1.29 is 9.53 Å². The van der Waals surface area contributed by atoms with Crippen molar-refractivity contribution in [1.82, 2.24) is 4.90 Å². The largest absolute Gasteiger partial charge is 0.369 e. The molecule has 1 aliphatic heterocycles. The molecule has 130 valence electrons. The van der Waals surface area contributed by atoms with Crippen molar-refractivity contribution in [2.75, 3.05) is 26.3 Å². The van der Waals surface area contributed by atoms with E-state index in [9.17, 15) is 4.79 Å². The van der Waals surface area contributed by atoms with E-state index in [1.807, 2.05) is 16.7 Å². The highest BCUT2D eigenvalue weighted by atomic mass is 32.2. The Hall–Kier alpha value is -1.44. The van der Waals surface area contributed by atoms with Gasteiger partial charge in [-0.05, 0) is 36.5 Å². The Balaban J connectivity index is 1.76. The van der Waals surface area contributed by atoms with E-state index in [0.29, 0.717) is 30.8 Å². The normalized spacial score (nSPS) is 15.5. The Morgan fingerprint density at radius 3 is 2.58 bits per heavy atom. The Labute approximate surface area is 150 Å². The fourth-order valence-electron chi connectivity index (χ4n) is 2.88. The zero-order chi connectivity index (χ0) is 17.4. The van der Waals surface area contributed by atoms with Crippen molar-refractivity contribution >= 4 is 17.7 Å². The summed E-state index contributed by atoms with van der Waals surface area (Å²) in [6.07, 6.45) is 7.67. The number of terminal acetylenes is 1. The molecule has 3 nitrogen and oxygen atoms in total. The van der Waals surface area contributed by atoms with Crippen molar-refractivity contribution in [3.8, 4) is 12.3 Å². The first kappa shape index (κ1) is 18.9. The number of hydrogen-bond acceptors (Lipinski definition) is 3. The molecule has 0 saturated carbocycles. The van der Waals surface area contributed by atoms with Gasteiger partial charge in [-0.2, -0.15) is 0 Å². The zero-order valence-corrected chi connectivity index (χ0v) is 15.5. The van der Waals surface area contributed by atoms with E-state index in [2.05, 4.69) is 44.0 Å². The van der Waals surface area contributed by atoms with Crippen LogP contribution in [0.25, 0.3) is 0 Å². The van der Waals surface area contributed by atoms with E-state index in [-0.39, 0.29) is 5.91 Å². The van der Waals surface area contributed by atoms with Crippen molar-refractivity contribution in [1.29, 1.82) is 0 Å². The molecule has 4 heteroatoms. The van der Waals surface area contributed by atoms with Crippen LogP contribution in [0.15, 0.2) is 29.2 Å². The van der Waals surface area contributed by atoms with Crippen molar-refractivity contribution in [2.24, 2.45) is 5.92 Å². The van der Waals surface area contributed by atoms with Gasteiger partial charge in [0.1, 0.15) is 6.61 Å². The lowest BCUT2D eigenvalue weighted by atomic mass is 9.97. The van der Waals surface area contributed by atoms with Crippen LogP contribution in [0.5, 0.6) is 0 Å². The number of benzene rings is 1. The first-order valence-electron chi connectivity index (χ1n) is 8.63. The molecule has 0 atom stereocenters. The van der Waals surface area contributed by atoms with Gasteiger partial charge in [-0.1, -0.05) is 31.9 Å². The van der Waals surface area contributed by atoms with E-state index >= 15 is 0 Å². The molecule has 2 rings (SSSR count). The summed E-state index contributed by atoms with van der Waals surface area (Å²) in [4.78, 5) is 15.7. The van der Waals surface area contributed by atoms with Gasteiger partial charge in [-0.3, -0.25) is 4.79 Å². The number of carbonyl (C=O) groups excluding carboxylic acids is 1. The molecule has 1 saturated heterocycles. The zero-order valence-electron chi connectivity index (χ0n) is 14.7. The summed E-state index contributed by atoms with van der Waals surface area (Å²) >= 11 is 1.84. The lowest BCUT2D eigenvalue weighted by molar-refractivity contribution is -0.132. The molecule has 1 aromatic rings. The standard InChI is InChI=1S/C20H27NO2S/c1-4-13-23-15-18-9-11-21(12-10-18)20(22)14-17-5-7-19(8-6-17)24-16(2)3/h1,5-8,16,18H,9-15H2,2-3H3. The Kier molecular flexibility index (Phi) is 7.68. The predicted molar refractivity (Wildman–Crippen MR) is 100 cm³/mol. The minimum atomic E-state index is 0.224. The van der Waals surface area contributed by atoms with Crippen LogP contribution in [0.1, 0.15) is 32.3 Å². The van der Waals surface area contributed by atoms with Gasteiger partial charge >= 0.3 is 0 Å². The fraction of sp³-hybridized carbons (Fsp3) is 0.550. The second-order valence-electron chi connectivity index (χ2n) is 6.53. The Bertz CT molecular complexity index is 554. The number of ether oxygens (including phenoxy) is 1. The van der Waals surface area contributed by atoms with Crippen molar-refractivity contribution in [2.45, 2.75) is 43.3 Å². The number of hydrogen-bond donors (Lipinski definition) is 0. The summed E-state index contributed by atoms with van der Waals surface area (Å²) in [5, 5.41) is 0.573. The Morgan fingerprint density at radius 1 is 1.33 bits per heavy atom. The third kappa shape index (κ3) is 6.22. The van der Waals surface area contributed by atoms with E-state index in [0.717, 1.165) is 31.5 Å². The predicted octanol–water partition coefficient (Wildman–Crippen LogP) is 3.62. The van der Waals surface area contributed by atoms with Crippen LogP contribution >= 0.6 is 11.8 Å². The molecular formula is C20H27NO2S. The molecular weight excluding hydrogens is 318 g/mol. The summed E-state index contributed by atoms with van der Waals surface area (Å²) < 4.78 is 5.41. The lowest BCUT2D eigenvalue weighted by Crippen LogP contribution is -2.40. The average molecular weight is 346 g/mol. The summed E-state index contributed by atoms with van der Waals surface area (Å²) in [6.45, 7) is 7.10. The molecule has 24 heavy (non-hydrogen) atoms. The minimum Gasteiger partial charge on any atom is -0.369 e. The molecule has 0 radical (unpaired) electrons. The van der Waals surface area contributed by atoms with Crippen LogP contribution in [-0.2, 0) is 16.0 Å². The highest BCUT2D eigenvalue weighted by Crippen LogP contribution is 2.23. The van der Waals surface area contributed by atoms with Gasteiger partial charge < -0.3 is 9.64 Å². The second kappa shape index (κ2) is 9.76. The number of piperidine rings is 1. The lowest BCUT2D eigenvalue weighted by Gasteiger charge is -2.32. The maximum Gasteiger partial charge on any atom is 0.226 e. The molecule has 0 aromatic heterocycles. The van der Waals surface area contributed by atoms with Crippen LogP contribution in [0.3, 0.4) is 0 Å². The molecule has 0 unspecified atom stereocenters. The van der Waals surface area contributed by atoms with Gasteiger partial charge in [0.2, 0.25) is 5.91 Å². The fourth-order valence-corrected chi connectivity index (χ4v) is 3.72. The van der Waals surface area contributed by atoms with Gasteiger partial charge in [-0.25, -0.2) is 0 Å². The Morgan fingerprint density at radius 2 is 2.00 bits per heavy atom.